The molecule has 0 aromatic heterocycles. The van der Waals surface area contributed by atoms with Crippen molar-refractivity contribution in [3.05, 3.63) is 12.1 Å². The van der Waals surface area contributed by atoms with Crippen molar-refractivity contribution in [2.45, 2.75) is 153 Å². The van der Waals surface area contributed by atoms with Crippen molar-refractivity contribution in [1.29, 1.82) is 0 Å². The Morgan fingerprint density at radius 1 is 0.441 bits per heavy atom. The lowest BCUT2D eigenvalue weighted by molar-refractivity contribution is 0.113. The molecule has 192 valence electrons. The Morgan fingerprint density at radius 3 is 1.24 bits per heavy atom. The maximum absolute atomic E-state index is 10.9. The highest BCUT2D eigenvalue weighted by Gasteiger charge is 2.26. The number of hydrogen-bond acceptors (Lipinski definition) is 4. The smallest absolute Gasteiger partial charge is 0.207 e. The second kappa shape index (κ2) is 14.1. The fourth-order valence-electron chi connectivity index (χ4n) is 5.98. The van der Waals surface area contributed by atoms with E-state index in [0.717, 1.165) is 44.3 Å². The number of phenolic OH excluding ortho intramolecular Hbond substituents is 1. The predicted octanol–water partition coefficient (Wildman–Crippen LogP) is 8.87. The van der Waals surface area contributed by atoms with Gasteiger partial charge < -0.3 is 19.3 Å². The Bertz CT molecular complexity index is 694. The molecular formula is C30H48O4. The lowest BCUT2D eigenvalue weighted by Gasteiger charge is -2.29. The van der Waals surface area contributed by atoms with Crippen molar-refractivity contribution in [2.75, 3.05) is 0 Å². The van der Waals surface area contributed by atoms with Crippen LogP contribution in [0.2, 0.25) is 0 Å². The Morgan fingerprint density at radius 2 is 0.794 bits per heavy atom. The number of hydrogen-bond donors (Lipinski definition) is 1. The maximum Gasteiger partial charge on any atom is 0.207 e. The van der Waals surface area contributed by atoms with Crippen molar-refractivity contribution >= 4 is 0 Å². The zero-order valence-corrected chi connectivity index (χ0v) is 21.4. The number of phenols is 1. The maximum atomic E-state index is 10.9. The molecule has 0 atom stereocenters. The molecule has 1 aromatic carbocycles. The van der Waals surface area contributed by atoms with Crippen LogP contribution in [0.15, 0.2) is 12.1 Å². The van der Waals surface area contributed by atoms with E-state index in [1.54, 1.807) is 6.07 Å². The normalized spacial score (nSPS) is 22.9. The van der Waals surface area contributed by atoms with Crippen LogP contribution in [-0.2, 0) is 0 Å². The highest BCUT2D eigenvalue weighted by atomic mass is 16.6. The zero-order valence-electron chi connectivity index (χ0n) is 21.4. The molecule has 0 saturated heterocycles. The van der Waals surface area contributed by atoms with Crippen molar-refractivity contribution in [3.8, 4) is 23.0 Å². The first-order chi connectivity index (χ1) is 16.8. The van der Waals surface area contributed by atoms with Gasteiger partial charge in [-0.25, -0.2) is 0 Å². The van der Waals surface area contributed by atoms with Gasteiger partial charge in [0.15, 0.2) is 11.5 Å². The van der Waals surface area contributed by atoms with Gasteiger partial charge in [0.05, 0.1) is 18.3 Å². The minimum absolute atomic E-state index is 0.141. The molecule has 0 spiro atoms. The molecular weight excluding hydrogens is 424 g/mol. The summed E-state index contributed by atoms with van der Waals surface area (Å²) in [6, 6.07) is 3.67. The molecule has 3 aliphatic rings. The summed E-state index contributed by atoms with van der Waals surface area (Å²) < 4.78 is 19.9. The minimum Gasteiger partial charge on any atom is -0.504 e. The highest BCUT2D eigenvalue weighted by Crippen LogP contribution is 2.47. The summed E-state index contributed by atoms with van der Waals surface area (Å²) in [5.41, 5.74) is 0. The van der Waals surface area contributed by atoms with Gasteiger partial charge in [0.1, 0.15) is 0 Å². The fraction of sp³-hybridized carbons (Fsp3) is 0.800. The first-order valence-electron chi connectivity index (χ1n) is 14.7. The second-order valence-corrected chi connectivity index (χ2v) is 11.0. The SMILES string of the molecule is Oc1ccc(OC2CCCCCCC2)c(OC2CCCCCCC2)c1OC1CCCCCCC1. The van der Waals surface area contributed by atoms with Crippen LogP contribution in [0.25, 0.3) is 0 Å². The molecule has 0 radical (unpaired) electrons. The summed E-state index contributed by atoms with van der Waals surface area (Å²) in [6.07, 6.45) is 26.0. The number of benzene rings is 1. The van der Waals surface area contributed by atoms with Crippen LogP contribution in [0.3, 0.4) is 0 Å². The van der Waals surface area contributed by atoms with Crippen molar-refractivity contribution < 1.29 is 19.3 Å². The summed E-state index contributed by atoms with van der Waals surface area (Å²) in [6.45, 7) is 0. The number of ether oxygens (including phenoxy) is 3. The molecule has 4 heteroatoms. The lowest BCUT2D eigenvalue weighted by Crippen LogP contribution is -2.23. The van der Waals surface area contributed by atoms with Gasteiger partial charge in [-0.15, -0.1) is 0 Å². The first kappa shape index (κ1) is 25.5. The van der Waals surface area contributed by atoms with Crippen molar-refractivity contribution in [3.63, 3.8) is 0 Å². The van der Waals surface area contributed by atoms with Gasteiger partial charge in [-0.3, -0.25) is 0 Å². The van der Waals surface area contributed by atoms with Crippen LogP contribution < -0.4 is 14.2 Å². The summed E-state index contributed by atoms with van der Waals surface area (Å²) in [5.74, 6) is 2.14. The van der Waals surface area contributed by atoms with Crippen molar-refractivity contribution in [1.82, 2.24) is 0 Å². The molecule has 3 saturated carbocycles. The fourth-order valence-corrected chi connectivity index (χ4v) is 5.98. The van der Waals surface area contributed by atoms with Gasteiger partial charge in [-0.1, -0.05) is 57.8 Å². The van der Waals surface area contributed by atoms with E-state index in [4.69, 9.17) is 14.2 Å². The molecule has 3 aliphatic carbocycles. The van der Waals surface area contributed by atoms with Gasteiger partial charge in [0.25, 0.3) is 0 Å². The monoisotopic (exact) mass is 472 g/mol. The Balaban J connectivity index is 1.57. The van der Waals surface area contributed by atoms with E-state index in [1.165, 1.54) is 96.3 Å². The van der Waals surface area contributed by atoms with E-state index < -0.39 is 0 Å². The van der Waals surface area contributed by atoms with Gasteiger partial charge >= 0.3 is 0 Å². The van der Waals surface area contributed by atoms with E-state index in [9.17, 15) is 5.11 Å². The Kier molecular flexibility index (Phi) is 10.6. The van der Waals surface area contributed by atoms with Gasteiger partial charge in [0.2, 0.25) is 11.5 Å². The third-order valence-electron chi connectivity index (χ3n) is 8.07. The zero-order chi connectivity index (χ0) is 23.4. The van der Waals surface area contributed by atoms with Crippen molar-refractivity contribution in [2.24, 2.45) is 0 Å². The first-order valence-corrected chi connectivity index (χ1v) is 14.7. The van der Waals surface area contributed by atoms with Crippen LogP contribution >= 0.6 is 0 Å². The third kappa shape index (κ3) is 7.99. The van der Waals surface area contributed by atoms with E-state index in [1.807, 2.05) is 6.07 Å². The number of rotatable bonds is 6. The molecule has 1 aromatic rings. The van der Waals surface area contributed by atoms with Crippen LogP contribution in [0.4, 0.5) is 0 Å². The molecule has 0 unspecified atom stereocenters. The largest absolute Gasteiger partial charge is 0.504 e. The third-order valence-corrected chi connectivity index (χ3v) is 8.07. The summed E-state index contributed by atoms with van der Waals surface area (Å²) in [5, 5.41) is 10.9. The average Bonchev–Trinajstić information content (AvgIpc) is 2.76. The molecule has 4 nitrogen and oxygen atoms in total. The molecule has 34 heavy (non-hydrogen) atoms. The molecule has 0 amide bonds. The Labute approximate surface area is 207 Å². The van der Waals surface area contributed by atoms with Crippen LogP contribution in [0.1, 0.15) is 135 Å². The molecule has 0 aliphatic heterocycles. The highest BCUT2D eigenvalue weighted by molar-refractivity contribution is 5.58. The summed E-state index contributed by atoms with van der Waals surface area (Å²) in [7, 11) is 0. The average molecular weight is 473 g/mol. The quantitative estimate of drug-likeness (QED) is 0.449. The van der Waals surface area contributed by atoms with E-state index >= 15 is 0 Å². The van der Waals surface area contributed by atoms with Gasteiger partial charge in [-0.2, -0.15) is 0 Å². The topological polar surface area (TPSA) is 47.9 Å². The molecule has 3 fully saturated rings. The molecule has 4 rings (SSSR count). The summed E-state index contributed by atoms with van der Waals surface area (Å²) in [4.78, 5) is 0. The van der Waals surface area contributed by atoms with Crippen LogP contribution in [0.5, 0.6) is 23.0 Å². The molecule has 1 N–H and O–H groups in total. The van der Waals surface area contributed by atoms with E-state index in [0.29, 0.717) is 11.5 Å². The standard InChI is InChI=1S/C30H48O4/c31-27-22-23-28(32-24-16-10-4-1-5-11-17-24)30(34-26-20-14-8-3-9-15-21-26)29(27)33-25-18-12-6-2-7-13-19-25/h22-26,31H,1-21H2. The lowest BCUT2D eigenvalue weighted by atomic mass is 9.98. The molecule has 0 bridgehead atoms. The van der Waals surface area contributed by atoms with E-state index in [-0.39, 0.29) is 24.1 Å². The van der Waals surface area contributed by atoms with Gasteiger partial charge in [-0.05, 0) is 89.2 Å². The number of aromatic hydroxyl groups is 1. The minimum atomic E-state index is 0.141. The van der Waals surface area contributed by atoms with E-state index in [2.05, 4.69) is 0 Å². The van der Waals surface area contributed by atoms with Crippen LogP contribution in [0, 0.1) is 0 Å². The predicted molar refractivity (Wildman–Crippen MR) is 138 cm³/mol. The van der Waals surface area contributed by atoms with Crippen LogP contribution in [-0.4, -0.2) is 23.4 Å². The van der Waals surface area contributed by atoms with Gasteiger partial charge in [0, 0.05) is 0 Å². The Hall–Kier alpha value is -1.58. The summed E-state index contributed by atoms with van der Waals surface area (Å²) >= 11 is 0. The second-order valence-electron chi connectivity index (χ2n) is 11.0. The molecule has 0 heterocycles.